The molecule has 61 valence electrons. The Morgan fingerprint density at radius 3 is 2.30 bits per heavy atom. The van der Waals surface area contributed by atoms with Crippen LogP contribution in [0.1, 0.15) is 45.4 Å². The van der Waals surface area contributed by atoms with Crippen molar-refractivity contribution in [3.8, 4) is 0 Å². The zero-order valence-electron chi connectivity index (χ0n) is 6.91. The van der Waals surface area contributed by atoms with Gasteiger partial charge in [0.15, 0.2) is 0 Å². The topological polar surface area (TPSA) is 0 Å². The van der Waals surface area contributed by atoms with Crippen molar-refractivity contribution in [1.29, 1.82) is 0 Å². The molecule has 1 heteroatoms. The van der Waals surface area contributed by atoms with Gasteiger partial charge >= 0.3 is 0 Å². The first-order chi connectivity index (χ1) is 4.77. The van der Waals surface area contributed by atoms with E-state index in [1.54, 1.807) is 0 Å². The van der Waals surface area contributed by atoms with Gasteiger partial charge in [0.1, 0.15) is 0 Å². The molecule has 0 spiro atoms. The maximum Gasteiger partial charge on any atom is 0.0336 e. The summed E-state index contributed by atoms with van der Waals surface area (Å²) >= 11 is 5.68. The lowest BCUT2D eigenvalue weighted by atomic mass is 10.1. The molecule has 0 heterocycles. The molecule has 0 saturated heterocycles. The predicted octanol–water partition coefficient (Wildman–Crippen LogP) is 3.79. The number of unbranched alkanes of at least 4 members (excludes halogenated alkanes) is 4. The summed E-state index contributed by atoms with van der Waals surface area (Å²) in [6, 6.07) is 0. The molecule has 0 aromatic carbocycles. The summed E-state index contributed by atoms with van der Waals surface area (Å²) in [7, 11) is 0. The van der Waals surface area contributed by atoms with Gasteiger partial charge in [-0.2, -0.15) is 0 Å². The van der Waals surface area contributed by atoms with Crippen molar-refractivity contribution in [1.82, 2.24) is 0 Å². The predicted molar refractivity (Wildman–Crippen MR) is 48.4 cm³/mol. The third-order valence-corrected chi connectivity index (χ3v) is 1.84. The summed E-state index contributed by atoms with van der Waals surface area (Å²) in [5, 5.41) is 0.127. The van der Waals surface area contributed by atoms with Crippen molar-refractivity contribution >= 4 is 11.6 Å². The summed E-state index contributed by atoms with van der Waals surface area (Å²) in [5.74, 6) is 0. The van der Waals surface area contributed by atoms with Gasteiger partial charge in [-0.05, 0) is 13.3 Å². The molecule has 0 N–H and O–H groups in total. The van der Waals surface area contributed by atoms with Gasteiger partial charge in [-0.15, -0.1) is 11.6 Å². The third kappa shape index (κ3) is 8.29. The Morgan fingerprint density at radius 2 is 1.80 bits per heavy atom. The first kappa shape index (κ1) is 10.3. The van der Waals surface area contributed by atoms with Gasteiger partial charge in [-0.1, -0.05) is 39.0 Å². The highest BCUT2D eigenvalue weighted by Crippen LogP contribution is 2.09. The van der Waals surface area contributed by atoms with Crippen LogP contribution in [-0.4, -0.2) is 5.38 Å². The highest BCUT2D eigenvalue weighted by Gasteiger charge is 1.94. The second-order valence-electron chi connectivity index (χ2n) is 2.80. The van der Waals surface area contributed by atoms with E-state index in [1.807, 2.05) is 0 Å². The van der Waals surface area contributed by atoms with Crippen LogP contribution in [-0.2, 0) is 0 Å². The zero-order chi connectivity index (χ0) is 7.82. The van der Waals surface area contributed by atoms with Crippen LogP contribution >= 0.6 is 11.6 Å². The number of halogens is 1. The molecule has 0 aliphatic carbocycles. The second-order valence-corrected chi connectivity index (χ2v) is 3.42. The Hall–Kier alpha value is 0.290. The third-order valence-electron chi connectivity index (χ3n) is 1.62. The molecule has 0 nitrogen and oxygen atoms in total. The van der Waals surface area contributed by atoms with Crippen LogP contribution in [0, 0.1) is 6.92 Å². The van der Waals surface area contributed by atoms with Crippen molar-refractivity contribution in [2.45, 2.75) is 50.8 Å². The van der Waals surface area contributed by atoms with Crippen molar-refractivity contribution in [3.63, 3.8) is 0 Å². The van der Waals surface area contributed by atoms with E-state index < -0.39 is 0 Å². The molecule has 1 unspecified atom stereocenters. The molecule has 0 aromatic heterocycles. The van der Waals surface area contributed by atoms with Crippen molar-refractivity contribution < 1.29 is 0 Å². The summed E-state index contributed by atoms with van der Waals surface area (Å²) in [4.78, 5) is 0. The summed E-state index contributed by atoms with van der Waals surface area (Å²) in [6.07, 6.45) is 7.69. The Bertz CT molecular complexity index is 59.7. The van der Waals surface area contributed by atoms with E-state index in [1.165, 1.54) is 32.1 Å². The number of rotatable bonds is 6. The Balaban J connectivity index is 2.77. The van der Waals surface area contributed by atoms with E-state index in [4.69, 9.17) is 11.6 Å². The largest absolute Gasteiger partial charge is 0.123 e. The summed E-state index contributed by atoms with van der Waals surface area (Å²) < 4.78 is 0. The molecule has 0 aliphatic heterocycles. The first-order valence-corrected chi connectivity index (χ1v) is 4.68. The van der Waals surface area contributed by atoms with Gasteiger partial charge in [0.05, 0.1) is 0 Å². The van der Waals surface area contributed by atoms with Crippen LogP contribution in [0.5, 0.6) is 0 Å². The van der Waals surface area contributed by atoms with Gasteiger partial charge in [-0.3, -0.25) is 0 Å². The maximum absolute atomic E-state index is 5.68. The van der Waals surface area contributed by atoms with Crippen molar-refractivity contribution in [3.05, 3.63) is 6.92 Å². The molecule has 0 aliphatic rings. The van der Waals surface area contributed by atoms with Gasteiger partial charge in [-0.25, -0.2) is 0 Å². The van der Waals surface area contributed by atoms with E-state index >= 15 is 0 Å². The maximum atomic E-state index is 5.68. The Morgan fingerprint density at radius 1 is 1.20 bits per heavy atom. The first-order valence-electron chi connectivity index (χ1n) is 4.24. The standard InChI is InChI=1S/C9H18Cl/c1-3-4-5-6-7-8-9(2)10/h9H,2-8H2,1H3. The highest BCUT2D eigenvalue weighted by atomic mass is 35.5. The van der Waals surface area contributed by atoms with Gasteiger partial charge < -0.3 is 0 Å². The van der Waals surface area contributed by atoms with Gasteiger partial charge in [0, 0.05) is 5.38 Å². The number of alkyl halides is 1. The van der Waals surface area contributed by atoms with Crippen LogP contribution < -0.4 is 0 Å². The molecule has 0 amide bonds. The molecule has 0 bridgehead atoms. The molecular weight excluding hydrogens is 144 g/mol. The quantitative estimate of drug-likeness (QED) is 0.411. The van der Waals surface area contributed by atoms with E-state index in [0.717, 1.165) is 6.42 Å². The molecule has 0 saturated carbocycles. The number of hydrogen-bond acceptors (Lipinski definition) is 0. The van der Waals surface area contributed by atoms with Crippen LogP contribution in [0.4, 0.5) is 0 Å². The van der Waals surface area contributed by atoms with Crippen LogP contribution in [0.15, 0.2) is 0 Å². The van der Waals surface area contributed by atoms with E-state index in [-0.39, 0.29) is 5.38 Å². The number of hydrogen-bond donors (Lipinski definition) is 0. The minimum absolute atomic E-state index is 0.127. The van der Waals surface area contributed by atoms with Gasteiger partial charge in [0.25, 0.3) is 0 Å². The van der Waals surface area contributed by atoms with E-state index in [2.05, 4.69) is 13.8 Å². The SMILES string of the molecule is [CH2]C(Cl)CCCCCCC. The zero-order valence-corrected chi connectivity index (χ0v) is 7.66. The second kappa shape index (κ2) is 7.40. The molecular formula is C9H18Cl. The minimum atomic E-state index is 0.127. The summed E-state index contributed by atoms with van der Waals surface area (Å²) in [5.41, 5.74) is 0. The van der Waals surface area contributed by atoms with Gasteiger partial charge in [0.2, 0.25) is 0 Å². The Kier molecular flexibility index (Phi) is 7.61. The smallest absolute Gasteiger partial charge is 0.0336 e. The molecule has 0 aromatic rings. The molecule has 0 rings (SSSR count). The van der Waals surface area contributed by atoms with Crippen LogP contribution in [0.25, 0.3) is 0 Å². The average molecular weight is 162 g/mol. The molecule has 1 radical (unpaired) electrons. The molecule has 10 heavy (non-hydrogen) atoms. The summed E-state index contributed by atoms with van der Waals surface area (Å²) in [6.45, 7) is 5.95. The molecule has 1 atom stereocenters. The Labute approximate surface area is 70.0 Å². The monoisotopic (exact) mass is 161 g/mol. The molecule has 0 fully saturated rings. The van der Waals surface area contributed by atoms with Crippen molar-refractivity contribution in [2.75, 3.05) is 0 Å². The lowest BCUT2D eigenvalue weighted by Crippen LogP contribution is -1.90. The fourth-order valence-corrected chi connectivity index (χ4v) is 1.12. The van der Waals surface area contributed by atoms with E-state index in [0.29, 0.717) is 0 Å². The highest BCUT2D eigenvalue weighted by molar-refractivity contribution is 6.21. The fourth-order valence-electron chi connectivity index (χ4n) is 0.969. The minimum Gasteiger partial charge on any atom is -0.123 e. The lowest BCUT2D eigenvalue weighted by molar-refractivity contribution is 0.612. The van der Waals surface area contributed by atoms with Crippen molar-refractivity contribution in [2.24, 2.45) is 0 Å². The average Bonchev–Trinajstić information content (AvgIpc) is 1.87. The lowest BCUT2D eigenvalue weighted by Gasteiger charge is -2.00. The van der Waals surface area contributed by atoms with Crippen LogP contribution in [0.2, 0.25) is 0 Å². The fraction of sp³-hybridized carbons (Fsp3) is 0.889. The van der Waals surface area contributed by atoms with E-state index in [9.17, 15) is 0 Å². The normalized spacial score (nSPS) is 13.5. The van der Waals surface area contributed by atoms with Crippen LogP contribution in [0.3, 0.4) is 0 Å².